The number of hydrogen-bond acceptors (Lipinski definition) is 9. The number of carbonyl (C=O) groups excluding carboxylic acids is 1. The summed E-state index contributed by atoms with van der Waals surface area (Å²) >= 11 is 6.37. The van der Waals surface area contributed by atoms with E-state index in [-0.39, 0.29) is 47.9 Å². The van der Waals surface area contributed by atoms with Crippen LogP contribution in [0.3, 0.4) is 0 Å². The number of nitrogens with zero attached hydrogens (tertiary/aromatic N) is 2. The molecule has 224 valence electrons. The van der Waals surface area contributed by atoms with E-state index in [1.165, 1.54) is 30.6 Å². The molecule has 2 aromatic carbocycles. The number of anilines is 3. The van der Waals surface area contributed by atoms with Crippen molar-refractivity contribution in [2.45, 2.75) is 12.6 Å². The lowest BCUT2D eigenvalue weighted by atomic mass is 10.1. The molecule has 1 aliphatic heterocycles. The number of halogens is 4. The van der Waals surface area contributed by atoms with Gasteiger partial charge in [-0.1, -0.05) is 17.7 Å². The second-order valence-corrected chi connectivity index (χ2v) is 11.9. The van der Waals surface area contributed by atoms with Crippen LogP contribution in [0.4, 0.5) is 30.5 Å². The van der Waals surface area contributed by atoms with Gasteiger partial charge in [-0.05, 0) is 48.9 Å². The third-order valence-electron chi connectivity index (χ3n) is 5.90. The van der Waals surface area contributed by atoms with E-state index in [1.54, 1.807) is 12.1 Å². The van der Waals surface area contributed by atoms with Gasteiger partial charge in [0.25, 0.3) is 0 Å². The fourth-order valence-corrected chi connectivity index (χ4v) is 4.48. The number of hydrogen-bond donors (Lipinski definition) is 3. The molecule has 10 nitrogen and oxygen atoms in total. The Bertz CT molecular complexity index is 1580. The van der Waals surface area contributed by atoms with Crippen molar-refractivity contribution in [2.75, 3.05) is 48.9 Å². The van der Waals surface area contributed by atoms with Crippen LogP contribution in [0.1, 0.15) is 17.5 Å². The number of benzene rings is 2. The highest BCUT2D eigenvalue weighted by Gasteiger charge is 2.30. The van der Waals surface area contributed by atoms with Crippen LogP contribution in [0, 0.1) is 0 Å². The van der Waals surface area contributed by atoms with E-state index in [4.69, 9.17) is 21.1 Å². The minimum Gasteiger partial charge on any atom is -0.456 e. The minimum atomic E-state index is -4.51. The van der Waals surface area contributed by atoms with Gasteiger partial charge in [0.05, 0.1) is 35.1 Å². The minimum absolute atomic E-state index is 0.0176. The summed E-state index contributed by atoms with van der Waals surface area (Å²) in [5.74, 6) is 0.618. The fraction of sp³-hybridized carbons (Fsp3) is 0.296. The third kappa shape index (κ3) is 8.81. The maximum atomic E-state index is 13.0. The number of rotatable bonds is 11. The Hall–Kier alpha value is -3.88. The molecular formula is C27H27ClF3N5O5S. The van der Waals surface area contributed by atoms with Gasteiger partial charge in [-0.3, -0.25) is 4.79 Å². The monoisotopic (exact) mass is 625 g/mol. The third-order valence-corrected chi connectivity index (χ3v) is 7.10. The zero-order valence-electron chi connectivity index (χ0n) is 22.3. The molecule has 1 aromatic heterocycles. The van der Waals surface area contributed by atoms with Crippen LogP contribution >= 0.6 is 11.6 Å². The summed E-state index contributed by atoms with van der Waals surface area (Å²) in [6, 6.07) is 9.14. The van der Waals surface area contributed by atoms with E-state index in [9.17, 15) is 26.4 Å². The van der Waals surface area contributed by atoms with Crippen molar-refractivity contribution in [3.8, 4) is 11.5 Å². The molecular weight excluding hydrogens is 599 g/mol. The molecule has 2 heterocycles. The van der Waals surface area contributed by atoms with Crippen LogP contribution in [0.15, 0.2) is 54.4 Å². The Morgan fingerprint density at radius 2 is 1.95 bits per heavy atom. The summed E-state index contributed by atoms with van der Waals surface area (Å²) in [4.78, 5) is 21.4. The van der Waals surface area contributed by atoms with Gasteiger partial charge in [-0.15, -0.1) is 0 Å². The number of alkyl halides is 3. The van der Waals surface area contributed by atoms with Gasteiger partial charge in [0, 0.05) is 30.6 Å². The van der Waals surface area contributed by atoms with Crippen LogP contribution < -0.4 is 20.7 Å². The van der Waals surface area contributed by atoms with Gasteiger partial charge in [0.1, 0.15) is 39.3 Å². The van der Waals surface area contributed by atoms with Crippen molar-refractivity contribution in [1.82, 2.24) is 15.3 Å². The van der Waals surface area contributed by atoms with Gasteiger partial charge in [-0.25, -0.2) is 18.4 Å². The van der Waals surface area contributed by atoms with Crippen molar-refractivity contribution in [3.63, 3.8) is 0 Å². The van der Waals surface area contributed by atoms with Gasteiger partial charge in [-0.2, -0.15) is 13.2 Å². The lowest BCUT2D eigenvalue weighted by Gasteiger charge is -2.14. The van der Waals surface area contributed by atoms with Crippen molar-refractivity contribution in [1.29, 1.82) is 0 Å². The molecule has 0 aliphatic carbocycles. The number of ether oxygens (including phenoxy) is 2. The standard InChI is InChI=1S/C27H27ClF3N5O5S/c1-42(38,39)12-11-40-10-9-33-26(37)17-7-8-32-24-21(13-17)25(35-16-34-24)36-19-5-6-23(22(28)15-19)41-20-4-2-3-18(14-20)27(29,30)31/h2-6,13-16H,7-12H2,1H3,(H,33,37)(H2,32,34,35,36). The summed E-state index contributed by atoms with van der Waals surface area (Å²) in [6.45, 7) is 0.849. The van der Waals surface area contributed by atoms with Crippen LogP contribution in [-0.4, -0.2) is 62.6 Å². The molecule has 0 spiro atoms. The van der Waals surface area contributed by atoms with Crippen molar-refractivity contribution in [3.05, 3.63) is 70.5 Å². The normalized spacial score (nSPS) is 13.3. The smallest absolute Gasteiger partial charge is 0.416 e. The molecule has 1 amide bonds. The van der Waals surface area contributed by atoms with Crippen molar-refractivity contribution in [2.24, 2.45) is 0 Å². The Balaban J connectivity index is 1.44. The molecule has 3 N–H and O–H groups in total. The number of carbonyl (C=O) groups is 1. The summed E-state index contributed by atoms with van der Waals surface area (Å²) in [6.07, 6.45) is 0.0479. The zero-order valence-corrected chi connectivity index (χ0v) is 23.9. The maximum absolute atomic E-state index is 13.0. The Morgan fingerprint density at radius 3 is 2.69 bits per heavy atom. The Morgan fingerprint density at radius 1 is 1.14 bits per heavy atom. The second kappa shape index (κ2) is 13.4. The molecule has 0 saturated heterocycles. The maximum Gasteiger partial charge on any atom is 0.416 e. The predicted octanol–water partition coefficient (Wildman–Crippen LogP) is 5.06. The summed E-state index contributed by atoms with van der Waals surface area (Å²) < 4.78 is 72.3. The molecule has 0 atom stereocenters. The molecule has 3 aromatic rings. The van der Waals surface area contributed by atoms with Crippen molar-refractivity contribution >= 4 is 50.7 Å². The molecule has 0 fully saturated rings. The first-order valence-corrected chi connectivity index (χ1v) is 15.1. The quantitative estimate of drug-likeness (QED) is 0.250. The van der Waals surface area contributed by atoms with Crippen LogP contribution in [0.5, 0.6) is 11.5 Å². The number of fused-ring (bicyclic) bond motifs is 1. The van der Waals surface area contributed by atoms with Crippen LogP contribution in [-0.2, 0) is 25.5 Å². The van der Waals surface area contributed by atoms with E-state index < -0.39 is 21.6 Å². The van der Waals surface area contributed by atoms with E-state index in [2.05, 4.69) is 25.9 Å². The predicted molar refractivity (Wildman–Crippen MR) is 153 cm³/mol. The topological polar surface area (TPSA) is 132 Å². The van der Waals surface area contributed by atoms with Gasteiger partial charge < -0.3 is 25.4 Å². The number of sulfone groups is 1. The summed E-state index contributed by atoms with van der Waals surface area (Å²) in [5, 5.41) is 9.20. The summed E-state index contributed by atoms with van der Waals surface area (Å²) in [5.41, 5.74) is 0.668. The second-order valence-electron chi connectivity index (χ2n) is 9.23. The molecule has 1 aliphatic rings. The van der Waals surface area contributed by atoms with E-state index in [1.807, 2.05) is 0 Å². The Kier molecular flexibility index (Phi) is 9.91. The molecule has 4 rings (SSSR count). The molecule has 42 heavy (non-hydrogen) atoms. The van der Waals surface area contributed by atoms with Crippen LogP contribution in [0.2, 0.25) is 5.02 Å². The lowest BCUT2D eigenvalue weighted by molar-refractivity contribution is -0.137. The first kappa shape index (κ1) is 31.1. The van der Waals surface area contributed by atoms with E-state index in [0.717, 1.165) is 18.4 Å². The highest BCUT2D eigenvalue weighted by molar-refractivity contribution is 7.90. The fourth-order valence-electron chi connectivity index (χ4n) is 3.84. The van der Waals surface area contributed by atoms with E-state index in [0.29, 0.717) is 41.4 Å². The highest BCUT2D eigenvalue weighted by Crippen LogP contribution is 2.36. The Labute approximate surface area is 245 Å². The molecule has 0 radical (unpaired) electrons. The molecule has 0 unspecified atom stereocenters. The summed E-state index contributed by atoms with van der Waals surface area (Å²) in [7, 11) is -3.12. The molecule has 0 bridgehead atoms. The first-order valence-electron chi connectivity index (χ1n) is 12.6. The zero-order chi connectivity index (χ0) is 30.3. The van der Waals surface area contributed by atoms with Gasteiger partial charge in [0.15, 0.2) is 0 Å². The van der Waals surface area contributed by atoms with Gasteiger partial charge in [0.2, 0.25) is 5.91 Å². The van der Waals surface area contributed by atoms with Crippen molar-refractivity contribution < 1.29 is 35.9 Å². The largest absolute Gasteiger partial charge is 0.456 e. The molecule has 15 heteroatoms. The van der Waals surface area contributed by atoms with Crippen LogP contribution in [0.25, 0.3) is 6.08 Å². The average molecular weight is 626 g/mol. The van der Waals surface area contributed by atoms with Gasteiger partial charge >= 0.3 is 6.18 Å². The molecule has 0 saturated carbocycles. The number of aromatic nitrogens is 2. The number of nitrogens with one attached hydrogen (secondary N) is 3. The highest BCUT2D eigenvalue weighted by atomic mass is 35.5. The van der Waals surface area contributed by atoms with E-state index >= 15 is 0 Å². The lowest BCUT2D eigenvalue weighted by Crippen LogP contribution is -2.29. The average Bonchev–Trinajstić information content (AvgIpc) is 3.15. The first-order chi connectivity index (χ1) is 19.9. The number of amides is 1. The SMILES string of the molecule is CS(=O)(=O)CCOCCNC(=O)C1=Cc2c(ncnc2Nc2ccc(Oc3cccc(C(F)(F)F)c3)c(Cl)c2)NCC1.